The van der Waals surface area contributed by atoms with Crippen molar-refractivity contribution in [3.63, 3.8) is 0 Å². The molecule has 3 aliphatic rings. The average Bonchev–Trinajstić information content (AvgIpc) is 2.88. The Morgan fingerprint density at radius 1 is 0.792 bits per heavy atom. The fourth-order valence-corrected chi connectivity index (χ4v) is 4.26. The third-order valence-electron chi connectivity index (χ3n) is 5.45. The first-order valence-corrected chi connectivity index (χ1v) is 9.01. The molecular weight excluding hydrogens is 299 g/mol. The first-order valence-electron chi connectivity index (χ1n) is 9.01. The second-order valence-corrected chi connectivity index (χ2v) is 7.33. The maximum absolute atomic E-state index is 13.1. The van der Waals surface area contributed by atoms with Crippen LogP contribution >= 0.6 is 0 Å². The molecule has 2 aromatic rings. The SMILES string of the molecule is Fc1ccc(CN2CC3CCC(C2)N(Cc2ccccc2)C3)cc1. The van der Waals surface area contributed by atoms with Gasteiger partial charge in [0.1, 0.15) is 5.82 Å². The normalized spacial score (nSPS) is 24.9. The van der Waals surface area contributed by atoms with E-state index in [0.29, 0.717) is 6.04 Å². The van der Waals surface area contributed by atoms with Crippen molar-refractivity contribution in [3.05, 3.63) is 71.5 Å². The minimum atomic E-state index is -0.149. The second-order valence-electron chi connectivity index (χ2n) is 7.33. The highest BCUT2D eigenvalue weighted by molar-refractivity contribution is 5.17. The van der Waals surface area contributed by atoms with E-state index in [1.165, 1.54) is 37.1 Å². The Morgan fingerprint density at radius 3 is 2.33 bits per heavy atom. The minimum Gasteiger partial charge on any atom is -0.297 e. The van der Waals surface area contributed by atoms with Crippen molar-refractivity contribution >= 4 is 0 Å². The average molecular weight is 324 g/mol. The topological polar surface area (TPSA) is 6.48 Å². The molecule has 0 spiro atoms. The molecule has 2 nitrogen and oxygen atoms in total. The number of hydrogen-bond donors (Lipinski definition) is 0. The lowest BCUT2D eigenvalue weighted by Crippen LogP contribution is -2.43. The summed E-state index contributed by atoms with van der Waals surface area (Å²) >= 11 is 0. The number of hydrogen-bond acceptors (Lipinski definition) is 2. The molecule has 3 aliphatic heterocycles. The highest BCUT2D eigenvalue weighted by Crippen LogP contribution is 2.30. The van der Waals surface area contributed by atoms with Gasteiger partial charge in [0.2, 0.25) is 0 Å². The summed E-state index contributed by atoms with van der Waals surface area (Å²) < 4.78 is 13.1. The predicted molar refractivity (Wildman–Crippen MR) is 95.0 cm³/mol. The van der Waals surface area contributed by atoms with Crippen LogP contribution in [0.5, 0.6) is 0 Å². The van der Waals surface area contributed by atoms with Crippen molar-refractivity contribution in [2.45, 2.75) is 32.0 Å². The third kappa shape index (κ3) is 3.68. The van der Waals surface area contributed by atoms with Crippen LogP contribution in [-0.4, -0.2) is 35.5 Å². The smallest absolute Gasteiger partial charge is 0.123 e. The molecule has 3 saturated heterocycles. The van der Waals surface area contributed by atoms with Crippen molar-refractivity contribution in [2.24, 2.45) is 5.92 Å². The standard InChI is InChI=1S/C21H25FN2/c22-20-9-6-18(7-10-20)12-23-13-19-8-11-21(16-23)24(15-19)14-17-4-2-1-3-5-17/h1-7,9-10,19,21H,8,11-16H2. The molecule has 2 unspecified atom stereocenters. The lowest BCUT2D eigenvalue weighted by atomic mass is 9.94. The predicted octanol–water partition coefficient (Wildman–Crippen LogP) is 3.92. The maximum Gasteiger partial charge on any atom is 0.123 e. The third-order valence-corrected chi connectivity index (χ3v) is 5.45. The Hall–Kier alpha value is -1.71. The van der Waals surface area contributed by atoms with Gasteiger partial charge in [-0.15, -0.1) is 0 Å². The second kappa shape index (κ2) is 7.04. The van der Waals surface area contributed by atoms with E-state index in [9.17, 15) is 4.39 Å². The Bertz CT molecular complexity index is 655. The van der Waals surface area contributed by atoms with Gasteiger partial charge in [0.25, 0.3) is 0 Å². The maximum atomic E-state index is 13.1. The highest BCUT2D eigenvalue weighted by atomic mass is 19.1. The lowest BCUT2D eigenvalue weighted by molar-refractivity contribution is 0.123. The van der Waals surface area contributed by atoms with Crippen LogP contribution in [0.1, 0.15) is 24.0 Å². The molecule has 0 saturated carbocycles. The molecule has 0 N–H and O–H groups in total. The fraction of sp³-hybridized carbons (Fsp3) is 0.429. The van der Waals surface area contributed by atoms with Gasteiger partial charge in [0.15, 0.2) is 0 Å². The van der Waals surface area contributed by atoms with E-state index in [2.05, 4.69) is 40.1 Å². The Labute approximate surface area is 143 Å². The van der Waals surface area contributed by atoms with Gasteiger partial charge in [-0.05, 0) is 42.0 Å². The molecule has 2 bridgehead atoms. The van der Waals surface area contributed by atoms with E-state index >= 15 is 0 Å². The van der Waals surface area contributed by atoms with Crippen LogP contribution in [0.25, 0.3) is 0 Å². The van der Waals surface area contributed by atoms with Gasteiger partial charge in [-0.3, -0.25) is 9.80 Å². The Balaban J connectivity index is 1.43. The number of benzene rings is 2. The largest absolute Gasteiger partial charge is 0.297 e. The number of rotatable bonds is 4. The summed E-state index contributed by atoms with van der Waals surface area (Å²) in [6, 6.07) is 18.4. The molecule has 3 heterocycles. The molecule has 2 atom stereocenters. The van der Waals surface area contributed by atoms with E-state index in [1.54, 1.807) is 12.1 Å². The van der Waals surface area contributed by atoms with Gasteiger partial charge in [-0.2, -0.15) is 0 Å². The molecule has 3 heteroatoms. The van der Waals surface area contributed by atoms with Crippen molar-refractivity contribution in [1.82, 2.24) is 9.80 Å². The molecular formula is C21H25FN2. The zero-order chi connectivity index (χ0) is 16.4. The molecule has 24 heavy (non-hydrogen) atoms. The van der Waals surface area contributed by atoms with E-state index in [4.69, 9.17) is 0 Å². The van der Waals surface area contributed by atoms with E-state index in [0.717, 1.165) is 25.6 Å². The Morgan fingerprint density at radius 2 is 1.54 bits per heavy atom. The first kappa shape index (κ1) is 15.8. The summed E-state index contributed by atoms with van der Waals surface area (Å²) in [5.41, 5.74) is 2.63. The van der Waals surface area contributed by atoms with Gasteiger partial charge in [-0.1, -0.05) is 42.5 Å². The van der Waals surface area contributed by atoms with E-state index in [-0.39, 0.29) is 5.82 Å². The van der Waals surface area contributed by atoms with Gasteiger partial charge >= 0.3 is 0 Å². The van der Waals surface area contributed by atoms with Crippen LogP contribution in [0.2, 0.25) is 0 Å². The number of halogens is 1. The zero-order valence-electron chi connectivity index (χ0n) is 14.1. The number of fused-ring (bicyclic) bond motifs is 4. The quantitative estimate of drug-likeness (QED) is 0.841. The van der Waals surface area contributed by atoms with Crippen LogP contribution in [0.3, 0.4) is 0 Å². The summed E-state index contributed by atoms with van der Waals surface area (Å²) in [5, 5.41) is 0. The molecule has 126 valence electrons. The first-order chi connectivity index (χ1) is 11.8. The van der Waals surface area contributed by atoms with Crippen molar-refractivity contribution < 1.29 is 4.39 Å². The summed E-state index contributed by atoms with van der Waals surface area (Å²) in [7, 11) is 0. The van der Waals surface area contributed by atoms with Crippen LogP contribution in [0.4, 0.5) is 4.39 Å². The summed E-state index contributed by atoms with van der Waals surface area (Å²) in [6.07, 6.45) is 2.65. The summed E-state index contributed by atoms with van der Waals surface area (Å²) in [4.78, 5) is 5.24. The fourth-order valence-electron chi connectivity index (χ4n) is 4.26. The molecule has 3 fully saturated rings. The van der Waals surface area contributed by atoms with Crippen LogP contribution in [-0.2, 0) is 13.1 Å². The van der Waals surface area contributed by atoms with Crippen molar-refractivity contribution in [2.75, 3.05) is 19.6 Å². The molecule has 0 radical (unpaired) electrons. The van der Waals surface area contributed by atoms with Gasteiger partial charge in [0.05, 0.1) is 0 Å². The Kier molecular flexibility index (Phi) is 4.63. The molecule has 0 amide bonds. The van der Waals surface area contributed by atoms with Gasteiger partial charge < -0.3 is 0 Å². The lowest BCUT2D eigenvalue weighted by Gasteiger charge is -2.36. The zero-order valence-corrected chi connectivity index (χ0v) is 14.1. The van der Waals surface area contributed by atoms with Gasteiger partial charge in [0, 0.05) is 38.8 Å². The molecule has 5 rings (SSSR count). The highest BCUT2D eigenvalue weighted by Gasteiger charge is 2.34. The number of piperidine rings is 1. The van der Waals surface area contributed by atoms with Crippen molar-refractivity contribution in [3.8, 4) is 0 Å². The summed E-state index contributed by atoms with van der Waals surface area (Å²) in [5.74, 6) is 0.608. The van der Waals surface area contributed by atoms with Crippen LogP contribution in [0.15, 0.2) is 54.6 Å². The minimum absolute atomic E-state index is 0.149. The molecule has 2 aromatic carbocycles. The van der Waals surface area contributed by atoms with Gasteiger partial charge in [-0.25, -0.2) is 4.39 Å². The summed E-state index contributed by atoms with van der Waals surface area (Å²) in [6.45, 7) is 5.50. The van der Waals surface area contributed by atoms with E-state index in [1.807, 2.05) is 12.1 Å². The van der Waals surface area contributed by atoms with Crippen molar-refractivity contribution in [1.29, 1.82) is 0 Å². The molecule has 0 aliphatic carbocycles. The van der Waals surface area contributed by atoms with Crippen LogP contribution < -0.4 is 0 Å². The van der Waals surface area contributed by atoms with Crippen LogP contribution in [0, 0.1) is 11.7 Å². The molecule has 0 aromatic heterocycles. The van der Waals surface area contributed by atoms with E-state index < -0.39 is 0 Å². The monoisotopic (exact) mass is 324 g/mol. The number of nitrogens with zero attached hydrogens (tertiary/aromatic N) is 2.